The quantitative estimate of drug-likeness (QED) is 0.484. The molecule has 2 aromatic rings. The molecule has 0 saturated carbocycles. The molecule has 0 aliphatic rings. The molecule has 0 bridgehead atoms. The van der Waals surface area contributed by atoms with E-state index in [0.29, 0.717) is 23.6 Å². The zero-order valence-electron chi connectivity index (χ0n) is 13.6. The topological polar surface area (TPSA) is 100 Å². The van der Waals surface area contributed by atoms with E-state index in [0.717, 1.165) is 4.47 Å². The Morgan fingerprint density at radius 2 is 1.84 bits per heavy atom. The number of carbonyl (C=O) groups is 3. The van der Waals surface area contributed by atoms with Crippen molar-refractivity contribution in [3.05, 3.63) is 52.3 Å². The zero-order chi connectivity index (χ0) is 18.2. The maximum absolute atomic E-state index is 12.1. The molecule has 1 heterocycles. The molecule has 8 heteroatoms. The highest BCUT2D eigenvalue weighted by molar-refractivity contribution is 9.10. The lowest BCUT2D eigenvalue weighted by molar-refractivity contribution is -0.121. The Hall–Kier alpha value is -2.61. The van der Waals surface area contributed by atoms with Crippen molar-refractivity contribution in [3.63, 3.8) is 0 Å². The van der Waals surface area contributed by atoms with Crippen LogP contribution in [-0.2, 0) is 4.79 Å². The molecule has 1 aromatic carbocycles. The van der Waals surface area contributed by atoms with Crippen LogP contribution in [0.25, 0.3) is 0 Å². The van der Waals surface area contributed by atoms with Crippen molar-refractivity contribution in [2.45, 2.75) is 19.8 Å². The van der Waals surface area contributed by atoms with Crippen LogP contribution < -0.4 is 15.6 Å². The lowest BCUT2D eigenvalue weighted by Gasteiger charge is -2.07. The Balaban J connectivity index is 1.75. The molecule has 0 aliphatic carbocycles. The summed E-state index contributed by atoms with van der Waals surface area (Å²) in [6.45, 7) is 2.43. The largest absolute Gasteiger partial charge is 0.494 e. The number of amides is 2. The van der Waals surface area contributed by atoms with E-state index in [1.165, 1.54) is 0 Å². The maximum atomic E-state index is 12.1. The Morgan fingerprint density at radius 1 is 1.12 bits per heavy atom. The molecular weight excluding hydrogens is 390 g/mol. The molecule has 25 heavy (non-hydrogen) atoms. The lowest BCUT2D eigenvalue weighted by atomic mass is 10.1. The van der Waals surface area contributed by atoms with Gasteiger partial charge in [0.05, 0.1) is 6.61 Å². The van der Waals surface area contributed by atoms with Gasteiger partial charge in [0.2, 0.25) is 5.91 Å². The fraction of sp³-hybridized carbons (Fsp3) is 0.235. The monoisotopic (exact) mass is 407 g/mol. The number of rotatable bonds is 7. The summed E-state index contributed by atoms with van der Waals surface area (Å²) in [5.41, 5.74) is 5.37. The summed E-state index contributed by atoms with van der Waals surface area (Å²) >= 11 is 3.21. The van der Waals surface area contributed by atoms with Crippen LogP contribution in [0, 0.1) is 0 Å². The molecule has 0 spiro atoms. The van der Waals surface area contributed by atoms with E-state index in [1.807, 2.05) is 6.92 Å². The zero-order valence-corrected chi connectivity index (χ0v) is 15.2. The number of nitrogens with one attached hydrogen (secondary N) is 3. The average molecular weight is 408 g/mol. The van der Waals surface area contributed by atoms with E-state index in [2.05, 4.69) is 31.8 Å². The Morgan fingerprint density at radius 3 is 2.44 bits per heavy atom. The standard InChI is InChI=1S/C17H18BrN3O4/c1-2-25-13-5-3-11(4-6-13)15(22)7-8-16(23)20-21-17(24)14-9-12(18)10-19-14/h3-6,9-10,19H,2,7-8H2,1H3,(H,20,23)(H,21,24). The van der Waals surface area contributed by atoms with Gasteiger partial charge in [-0.2, -0.15) is 0 Å². The maximum Gasteiger partial charge on any atom is 0.286 e. The highest BCUT2D eigenvalue weighted by Crippen LogP contribution is 2.14. The van der Waals surface area contributed by atoms with Crippen LogP contribution in [0.2, 0.25) is 0 Å². The summed E-state index contributed by atoms with van der Waals surface area (Å²) in [5.74, 6) is -0.386. The number of hydrogen-bond donors (Lipinski definition) is 3. The van der Waals surface area contributed by atoms with Crippen molar-refractivity contribution in [1.82, 2.24) is 15.8 Å². The molecule has 0 unspecified atom stereocenters. The van der Waals surface area contributed by atoms with Crippen LogP contribution in [0.15, 0.2) is 41.0 Å². The number of Topliss-reactive ketones (excluding diaryl/α,β-unsaturated/α-hetero) is 1. The number of ether oxygens (including phenoxy) is 1. The van der Waals surface area contributed by atoms with Crippen LogP contribution in [0.3, 0.4) is 0 Å². The van der Waals surface area contributed by atoms with Crippen molar-refractivity contribution >= 4 is 33.5 Å². The lowest BCUT2D eigenvalue weighted by Crippen LogP contribution is -2.41. The van der Waals surface area contributed by atoms with Gasteiger partial charge in [-0.1, -0.05) is 0 Å². The summed E-state index contributed by atoms with van der Waals surface area (Å²) in [6.07, 6.45) is 1.62. The first-order chi connectivity index (χ1) is 12.0. The fourth-order valence-corrected chi connectivity index (χ4v) is 2.37. The second-order valence-corrected chi connectivity index (χ2v) is 6.03. The van der Waals surface area contributed by atoms with Gasteiger partial charge in [-0.25, -0.2) is 0 Å². The van der Waals surface area contributed by atoms with Crippen molar-refractivity contribution in [2.75, 3.05) is 6.61 Å². The Labute approximate surface area is 153 Å². The number of carbonyl (C=O) groups excluding carboxylic acids is 3. The smallest absolute Gasteiger partial charge is 0.286 e. The number of aromatic amines is 1. The molecule has 132 valence electrons. The summed E-state index contributed by atoms with van der Waals surface area (Å²) in [4.78, 5) is 38.3. The van der Waals surface area contributed by atoms with Crippen LogP contribution >= 0.6 is 15.9 Å². The predicted molar refractivity (Wildman–Crippen MR) is 95.3 cm³/mol. The SMILES string of the molecule is CCOc1ccc(C(=O)CCC(=O)NNC(=O)c2cc(Br)c[nH]2)cc1. The van der Waals surface area contributed by atoms with E-state index in [1.54, 1.807) is 36.5 Å². The minimum Gasteiger partial charge on any atom is -0.494 e. The molecule has 2 amide bonds. The number of hydrogen-bond acceptors (Lipinski definition) is 4. The third kappa shape index (κ3) is 5.75. The molecule has 0 radical (unpaired) electrons. The highest BCUT2D eigenvalue weighted by Gasteiger charge is 2.12. The van der Waals surface area contributed by atoms with Gasteiger partial charge in [0.15, 0.2) is 5.78 Å². The summed E-state index contributed by atoms with van der Waals surface area (Å²) in [5, 5.41) is 0. The van der Waals surface area contributed by atoms with Crippen LogP contribution in [-0.4, -0.2) is 29.2 Å². The van der Waals surface area contributed by atoms with Crippen molar-refractivity contribution < 1.29 is 19.1 Å². The molecular formula is C17H18BrN3O4. The molecule has 0 saturated heterocycles. The summed E-state index contributed by atoms with van der Waals surface area (Å²) in [7, 11) is 0. The van der Waals surface area contributed by atoms with Crippen LogP contribution in [0.1, 0.15) is 40.6 Å². The minimum atomic E-state index is -0.475. The van der Waals surface area contributed by atoms with Crippen LogP contribution in [0.5, 0.6) is 5.75 Å². The van der Waals surface area contributed by atoms with Gasteiger partial charge < -0.3 is 9.72 Å². The molecule has 7 nitrogen and oxygen atoms in total. The van der Waals surface area contributed by atoms with Crippen molar-refractivity contribution in [1.29, 1.82) is 0 Å². The molecule has 1 aromatic heterocycles. The third-order valence-electron chi connectivity index (χ3n) is 3.27. The normalized spacial score (nSPS) is 10.2. The second-order valence-electron chi connectivity index (χ2n) is 5.11. The summed E-state index contributed by atoms with van der Waals surface area (Å²) in [6, 6.07) is 8.33. The number of hydrazine groups is 1. The van der Waals surface area contributed by atoms with E-state index < -0.39 is 11.8 Å². The van der Waals surface area contributed by atoms with Gasteiger partial charge in [0.1, 0.15) is 11.4 Å². The van der Waals surface area contributed by atoms with E-state index in [-0.39, 0.29) is 18.6 Å². The number of halogens is 1. The third-order valence-corrected chi connectivity index (χ3v) is 3.73. The first kappa shape index (κ1) is 18.7. The second kappa shape index (κ2) is 9.03. The highest BCUT2D eigenvalue weighted by atomic mass is 79.9. The number of benzene rings is 1. The number of ketones is 1. The molecule has 3 N–H and O–H groups in total. The van der Waals surface area contributed by atoms with Gasteiger partial charge >= 0.3 is 0 Å². The minimum absolute atomic E-state index is 0.0270. The summed E-state index contributed by atoms with van der Waals surface area (Å²) < 4.78 is 6.04. The van der Waals surface area contributed by atoms with E-state index in [9.17, 15) is 14.4 Å². The van der Waals surface area contributed by atoms with Gasteiger partial charge in [-0.3, -0.25) is 25.2 Å². The number of H-pyrrole nitrogens is 1. The Kier molecular flexibility index (Phi) is 6.76. The first-order valence-corrected chi connectivity index (χ1v) is 8.48. The van der Waals surface area contributed by atoms with Crippen LogP contribution in [0.4, 0.5) is 0 Å². The fourth-order valence-electron chi connectivity index (χ4n) is 2.03. The molecule has 0 aliphatic heterocycles. The van der Waals surface area contributed by atoms with E-state index >= 15 is 0 Å². The molecule has 0 atom stereocenters. The van der Waals surface area contributed by atoms with Crippen molar-refractivity contribution in [3.8, 4) is 5.75 Å². The van der Waals surface area contributed by atoms with Crippen molar-refractivity contribution in [2.24, 2.45) is 0 Å². The van der Waals surface area contributed by atoms with E-state index in [4.69, 9.17) is 4.74 Å². The number of aromatic nitrogens is 1. The molecule has 2 rings (SSSR count). The Bertz CT molecular complexity index is 756. The van der Waals surface area contributed by atoms with Gasteiger partial charge in [-0.05, 0) is 53.2 Å². The first-order valence-electron chi connectivity index (χ1n) is 7.68. The van der Waals surface area contributed by atoms with Gasteiger partial charge in [0.25, 0.3) is 5.91 Å². The van der Waals surface area contributed by atoms with Gasteiger partial charge in [-0.15, -0.1) is 0 Å². The van der Waals surface area contributed by atoms with Gasteiger partial charge in [0, 0.05) is 29.1 Å². The molecule has 0 fully saturated rings. The predicted octanol–water partition coefficient (Wildman–Crippen LogP) is 2.60. The average Bonchev–Trinajstić information content (AvgIpc) is 3.05.